The monoisotopic (exact) mass is 377 g/mol. The number of aliphatic carboxylic acids is 1. The number of ether oxygens (including phenoxy) is 1. The highest BCUT2D eigenvalue weighted by molar-refractivity contribution is 7.89. The highest BCUT2D eigenvalue weighted by atomic mass is 32.2. The molecule has 0 aliphatic heterocycles. The predicted molar refractivity (Wildman–Crippen MR) is 98.7 cm³/mol. The first-order valence-corrected chi connectivity index (χ1v) is 9.56. The minimum atomic E-state index is -4.10. The molecule has 6 nitrogen and oxygen atoms in total. The predicted octanol–water partition coefficient (Wildman–Crippen LogP) is 2.98. The summed E-state index contributed by atoms with van der Waals surface area (Å²) < 4.78 is 32.9. The van der Waals surface area contributed by atoms with Crippen LogP contribution in [0, 0.1) is 13.8 Å². The van der Waals surface area contributed by atoms with Crippen molar-refractivity contribution in [1.29, 1.82) is 0 Å². The Labute approximate surface area is 154 Å². The summed E-state index contributed by atoms with van der Waals surface area (Å²) in [6.07, 6.45) is 0. The number of aryl methyl sites for hydroxylation is 2. The number of carboxylic acid groups (broad SMARTS) is 1. The van der Waals surface area contributed by atoms with Crippen LogP contribution in [-0.2, 0) is 21.4 Å². The molecule has 0 bridgehead atoms. The lowest BCUT2D eigenvalue weighted by Crippen LogP contribution is -2.42. The van der Waals surface area contributed by atoms with Gasteiger partial charge < -0.3 is 9.84 Å². The maximum absolute atomic E-state index is 13.3. The summed E-state index contributed by atoms with van der Waals surface area (Å²) in [5, 5.41) is 9.43. The Balaban J connectivity index is 2.59. The lowest BCUT2D eigenvalue weighted by molar-refractivity contribution is -0.141. The van der Waals surface area contributed by atoms with Crippen molar-refractivity contribution in [3.8, 4) is 5.75 Å². The van der Waals surface area contributed by atoms with Gasteiger partial charge in [0.1, 0.15) is 16.7 Å². The van der Waals surface area contributed by atoms with Gasteiger partial charge in [-0.15, -0.1) is 0 Å². The molecule has 0 aliphatic rings. The van der Waals surface area contributed by atoms with Crippen LogP contribution >= 0.6 is 0 Å². The van der Waals surface area contributed by atoms with E-state index in [2.05, 4.69) is 0 Å². The number of hydrogen-bond acceptors (Lipinski definition) is 4. The zero-order valence-corrected chi connectivity index (χ0v) is 16.1. The number of sulfonamides is 1. The third-order valence-electron chi connectivity index (χ3n) is 4.34. The first kappa shape index (κ1) is 19.9. The van der Waals surface area contributed by atoms with E-state index in [1.54, 1.807) is 37.3 Å². The summed E-state index contributed by atoms with van der Waals surface area (Å²) in [6, 6.07) is 10.8. The molecule has 0 aromatic heterocycles. The Morgan fingerprint density at radius 1 is 1.15 bits per heavy atom. The summed E-state index contributed by atoms with van der Waals surface area (Å²) in [6.45, 7) is 4.97. The molecular formula is C19H23NO5S. The van der Waals surface area contributed by atoms with Gasteiger partial charge >= 0.3 is 5.97 Å². The number of nitrogens with zero attached hydrogens (tertiary/aromatic N) is 1. The third kappa shape index (κ3) is 4.05. The summed E-state index contributed by atoms with van der Waals surface area (Å²) in [4.78, 5) is 11.5. The van der Waals surface area contributed by atoms with Crippen molar-refractivity contribution in [2.75, 3.05) is 7.11 Å². The average molecular weight is 377 g/mol. The minimum absolute atomic E-state index is 0.0351. The van der Waals surface area contributed by atoms with E-state index in [1.807, 2.05) is 13.0 Å². The number of carboxylic acids is 1. The fraction of sp³-hybridized carbons (Fsp3) is 0.316. The molecule has 1 atom stereocenters. The van der Waals surface area contributed by atoms with E-state index in [0.29, 0.717) is 5.56 Å². The Morgan fingerprint density at radius 3 is 2.27 bits per heavy atom. The minimum Gasteiger partial charge on any atom is -0.495 e. The van der Waals surface area contributed by atoms with Gasteiger partial charge in [0.2, 0.25) is 10.0 Å². The van der Waals surface area contributed by atoms with Crippen LogP contribution in [0.5, 0.6) is 5.75 Å². The van der Waals surface area contributed by atoms with E-state index in [-0.39, 0.29) is 17.2 Å². The molecule has 140 valence electrons. The number of hydrogen-bond donors (Lipinski definition) is 1. The molecule has 0 aliphatic carbocycles. The van der Waals surface area contributed by atoms with Gasteiger partial charge in [0, 0.05) is 6.54 Å². The molecule has 2 aromatic carbocycles. The highest BCUT2D eigenvalue weighted by Crippen LogP contribution is 2.31. The number of methoxy groups -OCH3 is 1. The second kappa shape index (κ2) is 7.88. The maximum Gasteiger partial charge on any atom is 0.321 e. The van der Waals surface area contributed by atoms with Crippen molar-refractivity contribution in [2.45, 2.75) is 38.3 Å². The zero-order valence-electron chi connectivity index (χ0n) is 15.3. The van der Waals surface area contributed by atoms with Crippen LogP contribution in [0.25, 0.3) is 0 Å². The molecule has 0 heterocycles. The molecule has 1 N–H and O–H groups in total. The molecule has 0 spiro atoms. The van der Waals surface area contributed by atoms with Gasteiger partial charge in [-0.1, -0.05) is 30.3 Å². The first-order valence-electron chi connectivity index (χ1n) is 8.12. The normalized spacial score (nSPS) is 12.8. The van der Waals surface area contributed by atoms with E-state index in [0.717, 1.165) is 15.4 Å². The summed E-state index contributed by atoms with van der Waals surface area (Å²) in [5.41, 5.74) is 2.38. The largest absolute Gasteiger partial charge is 0.495 e. The van der Waals surface area contributed by atoms with Crippen LogP contribution in [0.4, 0.5) is 0 Å². The molecular weight excluding hydrogens is 354 g/mol. The van der Waals surface area contributed by atoms with Gasteiger partial charge in [-0.25, -0.2) is 8.42 Å². The average Bonchev–Trinajstić information content (AvgIpc) is 2.61. The Morgan fingerprint density at radius 2 is 1.73 bits per heavy atom. The molecule has 2 aromatic rings. The van der Waals surface area contributed by atoms with Crippen LogP contribution in [0.15, 0.2) is 47.4 Å². The third-order valence-corrected chi connectivity index (χ3v) is 6.27. The smallest absolute Gasteiger partial charge is 0.321 e. The van der Waals surface area contributed by atoms with E-state index in [9.17, 15) is 18.3 Å². The van der Waals surface area contributed by atoms with Crippen LogP contribution in [0.3, 0.4) is 0 Å². The fourth-order valence-corrected chi connectivity index (χ4v) is 4.37. The highest BCUT2D eigenvalue weighted by Gasteiger charge is 2.35. The Bertz CT molecular complexity index is 894. The zero-order chi connectivity index (χ0) is 19.5. The lowest BCUT2D eigenvalue weighted by atomic mass is 10.1. The van der Waals surface area contributed by atoms with Crippen molar-refractivity contribution in [3.05, 3.63) is 59.2 Å². The van der Waals surface area contributed by atoms with Crippen LogP contribution in [-0.4, -0.2) is 37.0 Å². The van der Waals surface area contributed by atoms with Crippen molar-refractivity contribution in [3.63, 3.8) is 0 Å². The molecule has 1 unspecified atom stereocenters. The summed E-state index contributed by atoms with van der Waals surface area (Å²) in [7, 11) is -2.70. The molecule has 0 amide bonds. The Hall–Kier alpha value is -2.38. The van der Waals surface area contributed by atoms with E-state index < -0.39 is 22.0 Å². The standard InChI is InChI=1S/C19H23NO5S/c1-13-10-17(25-4)18(11-14(13)2)26(23,24)20(15(3)19(21)22)12-16-8-6-5-7-9-16/h5-11,15H,12H2,1-4H3,(H,21,22). The second-order valence-corrected chi connectivity index (χ2v) is 8.00. The number of rotatable bonds is 7. The molecule has 2 rings (SSSR count). The molecule has 0 fully saturated rings. The van der Waals surface area contributed by atoms with Crippen LogP contribution < -0.4 is 4.74 Å². The van der Waals surface area contributed by atoms with Gasteiger partial charge in [0.05, 0.1) is 7.11 Å². The topological polar surface area (TPSA) is 83.9 Å². The van der Waals surface area contributed by atoms with Crippen LogP contribution in [0.2, 0.25) is 0 Å². The SMILES string of the molecule is COc1cc(C)c(C)cc1S(=O)(=O)N(Cc1ccccc1)C(C)C(=O)O. The van der Waals surface area contributed by atoms with Gasteiger partial charge in [-0.2, -0.15) is 4.31 Å². The van der Waals surface area contributed by atoms with Crippen LogP contribution in [0.1, 0.15) is 23.6 Å². The molecule has 0 saturated carbocycles. The van der Waals surface area contributed by atoms with Gasteiger partial charge in [0.15, 0.2) is 0 Å². The van der Waals surface area contributed by atoms with Gasteiger partial charge in [-0.05, 0) is 49.6 Å². The van der Waals surface area contributed by atoms with Crippen molar-refractivity contribution >= 4 is 16.0 Å². The molecule has 0 radical (unpaired) electrons. The lowest BCUT2D eigenvalue weighted by Gasteiger charge is -2.27. The summed E-state index contributed by atoms with van der Waals surface area (Å²) in [5.74, 6) is -1.02. The quantitative estimate of drug-likeness (QED) is 0.802. The molecule has 26 heavy (non-hydrogen) atoms. The van der Waals surface area contributed by atoms with E-state index in [1.165, 1.54) is 20.1 Å². The number of carbonyl (C=O) groups is 1. The van der Waals surface area contributed by atoms with Crippen molar-refractivity contribution in [1.82, 2.24) is 4.31 Å². The van der Waals surface area contributed by atoms with Crippen molar-refractivity contribution in [2.24, 2.45) is 0 Å². The second-order valence-electron chi connectivity index (χ2n) is 6.14. The van der Waals surface area contributed by atoms with E-state index >= 15 is 0 Å². The Kier molecular flexibility index (Phi) is 6.05. The fourth-order valence-electron chi connectivity index (χ4n) is 2.57. The van der Waals surface area contributed by atoms with Gasteiger partial charge in [-0.3, -0.25) is 4.79 Å². The first-order chi connectivity index (χ1) is 12.2. The molecule has 0 saturated heterocycles. The number of benzene rings is 2. The van der Waals surface area contributed by atoms with Crippen molar-refractivity contribution < 1.29 is 23.1 Å². The van der Waals surface area contributed by atoms with E-state index in [4.69, 9.17) is 4.74 Å². The molecule has 7 heteroatoms. The van der Waals surface area contributed by atoms with Gasteiger partial charge in [0.25, 0.3) is 0 Å². The maximum atomic E-state index is 13.3. The summed E-state index contributed by atoms with van der Waals surface area (Å²) >= 11 is 0.